The molecule has 1 aliphatic rings. The quantitative estimate of drug-likeness (QED) is 0.917. The van der Waals surface area contributed by atoms with Gasteiger partial charge in [0.1, 0.15) is 0 Å². The van der Waals surface area contributed by atoms with Crippen LogP contribution in [0.2, 0.25) is 0 Å². The summed E-state index contributed by atoms with van der Waals surface area (Å²) in [7, 11) is 0. The fourth-order valence-corrected chi connectivity index (χ4v) is 2.57. The topological polar surface area (TPSA) is 64.9 Å². The Kier molecular flexibility index (Phi) is 3.25. The number of hydrogen-bond donors (Lipinski definition) is 1. The summed E-state index contributed by atoms with van der Waals surface area (Å²) in [5.74, 6) is -1.24. The third-order valence-electron chi connectivity index (χ3n) is 3.78. The molecule has 1 aromatic carbocycles. The zero-order valence-corrected chi connectivity index (χ0v) is 10.9. The van der Waals surface area contributed by atoms with Crippen LogP contribution in [-0.4, -0.2) is 10.1 Å². The zero-order chi connectivity index (χ0) is 14.2. The first kappa shape index (κ1) is 13.2. The van der Waals surface area contributed by atoms with E-state index in [1.54, 1.807) is 0 Å². The molecule has 0 aliphatic heterocycles. The SMILES string of the molecule is NC1(c2nc(-c3ccc(F)c(F)c3)no2)CCCCC1. The van der Waals surface area contributed by atoms with Gasteiger partial charge >= 0.3 is 0 Å². The minimum atomic E-state index is -0.936. The summed E-state index contributed by atoms with van der Waals surface area (Å²) >= 11 is 0. The normalized spacial score (nSPS) is 18.1. The van der Waals surface area contributed by atoms with Crippen LogP contribution in [0.4, 0.5) is 8.78 Å². The number of aromatic nitrogens is 2. The summed E-state index contributed by atoms with van der Waals surface area (Å²) in [4.78, 5) is 4.25. The molecule has 0 amide bonds. The third kappa shape index (κ3) is 2.31. The average molecular weight is 279 g/mol. The molecule has 2 N–H and O–H groups in total. The van der Waals surface area contributed by atoms with E-state index in [0.29, 0.717) is 11.5 Å². The molecule has 1 fully saturated rings. The molecule has 2 aromatic rings. The first-order chi connectivity index (χ1) is 9.58. The Labute approximate surface area is 115 Å². The van der Waals surface area contributed by atoms with Crippen LogP contribution in [-0.2, 0) is 5.54 Å². The van der Waals surface area contributed by atoms with E-state index in [2.05, 4.69) is 10.1 Å². The van der Waals surface area contributed by atoms with Crippen LogP contribution in [0.5, 0.6) is 0 Å². The molecule has 20 heavy (non-hydrogen) atoms. The lowest BCUT2D eigenvalue weighted by atomic mass is 9.82. The Morgan fingerprint density at radius 2 is 1.85 bits per heavy atom. The van der Waals surface area contributed by atoms with E-state index >= 15 is 0 Å². The van der Waals surface area contributed by atoms with E-state index in [-0.39, 0.29) is 5.82 Å². The maximum absolute atomic E-state index is 13.2. The van der Waals surface area contributed by atoms with Crippen molar-refractivity contribution < 1.29 is 13.3 Å². The van der Waals surface area contributed by atoms with Gasteiger partial charge in [-0.1, -0.05) is 24.4 Å². The lowest BCUT2D eigenvalue weighted by Gasteiger charge is -2.29. The lowest BCUT2D eigenvalue weighted by molar-refractivity contribution is 0.220. The van der Waals surface area contributed by atoms with Crippen molar-refractivity contribution >= 4 is 0 Å². The van der Waals surface area contributed by atoms with E-state index in [9.17, 15) is 8.78 Å². The monoisotopic (exact) mass is 279 g/mol. The second kappa shape index (κ2) is 4.94. The van der Waals surface area contributed by atoms with Crippen molar-refractivity contribution in [1.82, 2.24) is 10.1 Å². The first-order valence-electron chi connectivity index (χ1n) is 6.67. The first-order valence-corrected chi connectivity index (χ1v) is 6.67. The minimum absolute atomic E-state index is 0.231. The van der Waals surface area contributed by atoms with Gasteiger partial charge in [-0.25, -0.2) is 8.78 Å². The molecule has 0 radical (unpaired) electrons. The van der Waals surface area contributed by atoms with E-state index in [1.165, 1.54) is 6.07 Å². The molecule has 106 valence electrons. The van der Waals surface area contributed by atoms with Crippen LogP contribution in [0.25, 0.3) is 11.4 Å². The predicted octanol–water partition coefficient (Wildman–Crippen LogP) is 3.13. The Morgan fingerprint density at radius 3 is 2.55 bits per heavy atom. The van der Waals surface area contributed by atoms with Gasteiger partial charge in [0.25, 0.3) is 0 Å². The molecule has 1 aliphatic carbocycles. The standard InChI is InChI=1S/C14H15F2N3O/c15-10-5-4-9(8-11(10)16)12-18-13(20-19-12)14(17)6-2-1-3-7-14/h4-5,8H,1-3,6-7,17H2. The van der Waals surface area contributed by atoms with Gasteiger partial charge in [0.05, 0.1) is 5.54 Å². The van der Waals surface area contributed by atoms with Gasteiger partial charge in [-0.05, 0) is 31.0 Å². The van der Waals surface area contributed by atoms with Crippen molar-refractivity contribution in [3.63, 3.8) is 0 Å². The van der Waals surface area contributed by atoms with Crippen LogP contribution in [0.1, 0.15) is 38.0 Å². The fraction of sp³-hybridized carbons (Fsp3) is 0.429. The largest absolute Gasteiger partial charge is 0.337 e. The molecule has 0 spiro atoms. The van der Waals surface area contributed by atoms with Crippen molar-refractivity contribution in [3.8, 4) is 11.4 Å². The summed E-state index contributed by atoms with van der Waals surface area (Å²) in [6, 6.07) is 3.50. The number of benzene rings is 1. The number of nitrogens with zero attached hydrogens (tertiary/aromatic N) is 2. The molecule has 0 saturated heterocycles. The van der Waals surface area contributed by atoms with Gasteiger partial charge in [-0.3, -0.25) is 0 Å². The van der Waals surface area contributed by atoms with Crippen LogP contribution >= 0.6 is 0 Å². The summed E-state index contributed by atoms with van der Waals surface area (Å²) in [6.45, 7) is 0. The van der Waals surface area contributed by atoms with Crippen molar-refractivity contribution in [3.05, 3.63) is 35.7 Å². The highest BCUT2D eigenvalue weighted by Crippen LogP contribution is 2.34. The smallest absolute Gasteiger partial charge is 0.247 e. The van der Waals surface area contributed by atoms with E-state index in [1.807, 2.05) is 0 Å². The maximum atomic E-state index is 13.2. The summed E-state index contributed by atoms with van der Waals surface area (Å²) in [5.41, 5.74) is 6.07. The maximum Gasteiger partial charge on any atom is 0.247 e. The molecule has 1 saturated carbocycles. The summed E-state index contributed by atoms with van der Waals surface area (Å²) in [6.07, 6.45) is 4.81. The average Bonchev–Trinajstić information content (AvgIpc) is 2.93. The molecule has 1 aromatic heterocycles. The zero-order valence-electron chi connectivity index (χ0n) is 10.9. The second-order valence-electron chi connectivity index (χ2n) is 5.27. The molecule has 0 unspecified atom stereocenters. The molecule has 3 rings (SSSR count). The second-order valence-corrected chi connectivity index (χ2v) is 5.27. The van der Waals surface area contributed by atoms with Crippen molar-refractivity contribution in [2.75, 3.05) is 0 Å². The Hall–Kier alpha value is -1.82. The third-order valence-corrected chi connectivity index (χ3v) is 3.78. The van der Waals surface area contributed by atoms with Crippen molar-refractivity contribution in [1.29, 1.82) is 0 Å². The molecular formula is C14H15F2N3O. The van der Waals surface area contributed by atoms with Gasteiger partial charge in [-0.2, -0.15) is 4.98 Å². The van der Waals surface area contributed by atoms with E-state index < -0.39 is 17.2 Å². The molecule has 1 heterocycles. The van der Waals surface area contributed by atoms with Crippen LogP contribution in [0.3, 0.4) is 0 Å². The van der Waals surface area contributed by atoms with Gasteiger partial charge in [0.15, 0.2) is 11.6 Å². The highest BCUT2D eigenvalue weighted by atomic mass is 19.2. The number of halogens is 2. The van der Waals surface area contributed by atoms with Crippen LogP contribution in [0.15, 0.2) is 22.7 Å². The summed E-state index contributed by atoms with van der Waals surface area (Å²) < 4.78 is 31.4. The Bertz CT molecular complexity index is 621. The highest BCUT2D eigenvalue weighted by molar-refractivity contribution is 5.54. The molecule has 4 nitrogen and oxygen atoms in total. The van der Waals surface area contributed by atoms with Crippen LogP contribution in [0, 0.1) is 11.6 Å². The Balaban J connectivity index is 1.91. The van der Waals surface area contributed by atoms with Crippen LogP contribution < -0.4 is 5.73 Å². The Morgan fingerprint density at radius 1 is 1.10 bits per heavy atom. The van der Waals surface area contributed by atoms with E-state index in [4.69, 9.17) is 10.3 Å². The molecule has 0 atom stereocenters. The number of hydrogen-bond acceptors (Lipinski definition) is 4. The molecule has 0 bridgehead atoms. The summed E-state index contributed by atoms with van der Waals surface area (Å²) in [5, 5.41) is 3.82. The minimum Gasteiger partial charge on any atom is -0.337 e. The van der Waals surface area contributed by atoms with Crippen molar-refractivity contribution in [2.45, 2.75) is 37.6 Å². The van der Waals surface area contributed by atoms with Gasteiger partial charge in [0, 0.05) is 5.56 Å². The van der Waals surface area contributed by atoms with Crippen molar-refractivity contribution in [2.24, 2.45) is 5.73 Å². The molecule has 6 heteroatoms. The highest BCUT2D eigenvalue weighted by Gasteiger charge is 2.35. The number of rotatable bonds is 2. The molecular weight excluding hydrogens is 264 g/mol. The lowest BCUT2D eigenvalue weighted by Crippen LogP contribution is -2.38. The van der Waals surface area contributed by atoms with Gasteiger partial charge in [0.2, 0.25) is 11.7 Å². The fourth-order valence-electron chi connectivity index (χ4n) is 2.57. The van der Waals surface area contributed by atoms with E-state index in [0.717, 1.165) is 44.2 Å². The number of nitrogens with two attached hydrogens (primary N) is 1. The van der Waals surface area contributed by atoms with Gasteiger partial charge < -0.3 is 10.3 Å². The van der Waals surface area contributed by atoms with Gasteiger partial charge in [-0.15, -0.1) is 0 Å². The predicted molar refractivity (Wildman–Crippen MR) is 68.6 cm³/mol.